The van der Waals surface area contributed by atoms with Crippen molar-refractivity contribution in [1.82, 2.24) is 24.5 Å². The van der Waals surface area contributed by atoms with Crippen LogP contribution < -0.4 is 5.56 Å². The molecule has 0 saturated carbocycles. The smallest absolute Gasteiger partial charge is 0.286 e. The first-order valence-electron chi connectivity index (χ1n) is 9.03. The molecule has 1 aromatic carbocycles. The second-order valence-corrected chi connectivity index (χ2v) is 7.59. The maximum Gasteiger partial charge on any atom is 0.286 e. The van der Waals surface area contributed by atoms with Gasteiger partial charge in [0, 0.05) is 42.0 Å². The van der Waals surface area contributed by atoms with Crippen LogP contribution in [0.3, 0.4) is 0 Å². The number of halogens is 2. The standard InChI is InChI=1S/C20H17Cl2N5O3/c1-26-7-6-13(10-26)15-9-23-27(20(29)19(15)22)11-18-24-17(25-30-18)8-16(28)12-2-4-14(21)5-3-12/h2-7,9-10,16,28H,8,11H2,1H3/t16-/m0/s1. The fourth-order valence-electron chi connectivity index (χ4n) is 2.98. The summed E-state index contributed by atoms with van der Waals surface area (Å²) in [5.41, 5.74) is 1.58. The Morgan fingerprint density at radius 1 is 1.20 bits per heavy atom. The fraction of sp³-hybridized carbons (Fsp3) is 0.200. The Hall–Kier alpha value is -2.94. The highest BCUT2D eigenvalue weighted by Crippen LogP contribution is 2.24. The minimum absolute atomic E-state index is 0.0301. The fourth-order valence-corrected chi connectivity index (χ4v) is 3.36. The van der Waals surface area contributed by atoms with Gasteiger partial charge in [-0.05, 0) is 23.8 Å². The minimum Gasteiger partial charge on any atom is -0.388 e. The third-order valence-corrected chi connectivity index (χ3v) is 5.17. The summed E-state index contributed by atoms with van der Waals surface area (Å²) in [5.74, 6) is 0.499. The van der Waals surface area contributed by atoms with Crippen molar-refractivity contribution < 1.29 is 9.63 Å². The monoisotopic (exact) mass is 445 g/mol. The molecule has 0 bridgehead atoms. The van der Waals surface area contributed by atoms with Crippen LogP contribution in [0, 0.1) is 0 Å². The van der Waals surface area contributed by atoms with Gasteiger partial charge in [-0.3, -0.25) is 4.79 Å². The molecule has 154 valence electrons. The molecule has 1 atom stereocenters. The molecule has 4 rings (SSSR count). The van der Waals surface area contributed by atoms with Crippen LogP contribution in [-0.2, 0) is 20.0 Å². The van der Waals surface area contributed by atoms with Crippen LogP contribution in [0.2, 0.25) is 10.0 Å². The van der Waals surface area contributed by atoms with Gasteiger partial charge in [0.15, 0.2) is 5.82 Å². The van der Waals surface area contributed by atoms with E-state index >= 15 is 0 Å². The number of aliphatic hydroxyl groups is 1. The zero-order valence-electron chi connectivity index (χ0n) is 15.9. The Balaban J connectivity index is 1.49. The molecule has 0 fully saturated rings. The highest BCUT2D eigenvalue weighted by Gasteiger charge is 2.17. The van der Waals surface area contributed by atoms with Crippen molar-refractivity contribution in [2.75, 3.05) is 0 Å². The van der Waals surface area contributed by atoms with Crippen LogP contribution >= 0.6 is 23.2 Å². The average Bonchev–Trinajstić information content (AvgIpc) is 3.35. The summed E-state index contributed by atoms with van der Waals surface area (Å²) in [6.45, 7) is -0.0301. The van der Waals surface area contributed by atoms with E-state index in [0.717, 1.165) is 10.2 Å². The third-order valence-electron chi connectivity index (χ3n) is 4.55. The lowest BCUT2D eigenvalue weighted by atomic mass is 10.1. The molecule has 10 heteroatoms. The quantitative estimate of drug-likeness (QED) is 0.488. The summed E-state index contributed by atoms with van der Waals surface area (Å²) in [7, 11) is 1.88. The molecule has 0 amide bonds. The van der Waals surface area contributed by atoms with Crippen molar-refractivity contribution in [2.24, 2.45) is 7.05 Å². The molecule has 0 spiro atoms. The third kappa shape index (κ3) is 4.30. The Bertz CT molecular complexity index is 1230. The predicted octanol–water partition coefficient (Wildman–Crippen LogP) is 3.26. The molecule has 0 aliphatic heterocycles. The van der Waals surface area contributed by atoms with Gasteiger partial charge in [0.05, 0.1) is 12.3 Å². The average molecular weight is 446 g/mol. The highest BCUT2D eigenvalue weighted by molar-refractivity contribution is 6.33. The van der Waals surface area contributed by atoms with Crippen LogP contribution in [-0.4, -0.2) is 29.6 Å². The van der Waals surface area contributed by atoms with E-state index in [-0.39, 0.29) is 23.9 Å². The van der Waals surface area contributed by atoms with Crippen LogP contribution in [0.4, 0.5) is 0 Å². The molecule has 0 aliphatic carbocycles. The zero-order valence-corrected chi connectivity index (χ0v) is 17.4. The van der Waals surface area contributed by atoms with Gasteiger partial charge in [-0.25, -0.2) is 4.68 Å². The Morgan fingerprint density at radius 2 is 1.97 bits per heavy atom. The summed E-state index contributed by atoms with van der Waals surface area (Å²) in [6.07, 6.45) is 4.58. The zero-order chi connectivity index (χ0) is 21.3. The Kier molecular flexibility index (Phi) is 5.72. The normalized spacial score (nSPS) is 12.3. The minimum atomic E-state index is -0.812. The molecule has 0 radical (unpaired) electrons. The second kappa shape index (κ2) is 8.43. The number of nitrogens with zero attached hydrogens (tertiary/aromatic N) is 5. The lowest BCUT2D eigenvalue weighted by Crippen LogP contribution is -2.24. The molecule has 0 unspecified atom stereocenters. The number of aryl methyl sites for hydroxylation is 1. The molecule has 3 heterocycles. The molecule has 1 N–H and O–H groups in total. The van der Waals surface area contributed by atoms with Crippen molar-refractivity contribution in [2.45, 2.75) is 19.1 Å². The summed E-state index contributed by atoms with van der Waals surface area (Å²) < 4.78 is 8.21. The number of aromatic nitrogens is 5. The van der Waals surface area contributed by atoms with Gasteiger partial charge in [0.25, 0.3) is 5.56 Å². The van der Waals surface area contributed by atoms with E-state index in [1.165, 1.54) is 6.20 Å². The summed E-state index contributed by atoms with van der Waals surface area (Å²) in [4.78, 5) is 16.8. The SMILES string of the molecule is Cn1ccc(-c2cnn(Cc3nc(C[C@H](O)c4ccc(Cl)cc4)no3)c(=O)c2Cl)c1. The van der Waals surface area contributed by atoms with E-state index in [1.54, 1.807) is 24.3 Å². The van der Waals surface area contributed by atoms with Crippen LogP contribution in [0.1, 0.15) is 23.4 Å². The number of aliphatic hydroxyl groups excluding tert-OH is 1. The van der Waals surface area contributed by atoms with Gasteiger partial charge >= 0.3 is 0 Å². The molecule has 0 aliphatic rings. The number of hydrogen-bond acceptors (Lipinski definition) is 6. The van der Waals surface area contributed by atoms with Crippen LogP contribution in [0.15, 0.2) is 58.2 Å². The van der Waals surface area contributed by atoms with Gasteiger partial charge in [0.1, 0.15) is 11.6 Å². The first kappa shape index (κ1) is 20.3. The molecule has 0 saturated heterocycles. The second-order valence-electron chi connectivity index (χ2n) is 6.78. The Morgan fingerprint density at radius 3 is 2.67 bits per heavy atom. The van der Waals surface area contributed by atoms with Crippen molar-refractivity contribution >= 4 is 23.2 Å². The Labute approximate surface area is 181 Å². The van der Waals surface area contributed by atoms with Crippen molar-refractivity contribution in [3.8, 4) is 11.1 Å². The highest BCUT2D eigenvalue weighted by atomic mass is 35.5. The van der Waals surface area contributed by atoms with Crippen LogP contribution in [0.25, 0.3) is 11.1 Å². The van der Waals surface area contributed by atoms with Gasteiger partial charge in [-0.2, -0.15) is 10.1 Å². The first-order chi connectivity index (χ1) is 14.4. The van der Waals surface area contributed by atoms with Crippen molar-refractivity contribution in [1.29, 1.82) is 0 Å². The van der Waals surface area contributed by atoms with E-state index in [1.807, 2.05) is 30.1 Å². The van der Waals surface area contributed by atoms with Crippen molar-refractivity contribution in [3.05, 3.63) is 86.6 Å². The summed E-state index contributed by atoms with van der Waals surface area (Å²) in [6, 6.07) is 8.70. The maximum atomic E-state index is 12.6. The first-order valence-corrected chi connectivity index (χ1v) is 9.79. The van der Waals surface area contributed by atoms with Gasteiger partial charge in [0.2, 0.25) is 5.89 Å². The molecular formula is C20H17Cl2N5O3. The molecule has 8 nitrogen and oxygen atoms in total. The number of rotatable bonds is 6. The topological polar surface area (TPSA) is 99.0 Å². The molecular weight excluding hydrogens is 429 g/mol. The molecule has 3 aromatic heterocycles. The summed E-state index contributed by atoms with van der Waals surface area (Å²) in [5, 5.41) is 19.0. The van der Waals surface area contributed by atoms with E-state index in [2.05, 4.69) is 15.2 Å². The lowest BCUT2D eigenvalue weighted by Gasteiger charge is -2.08. The molecule has 30 heavy (non-hydrogen) atoms. The van der Waals surface area contributed by atoms with E-state index < -0.39 is 11.7 Å². The summed E-state index contributed by atoms with van der Waals surface area (Å²) >= 11 is 12.1. The van der Waals surface area contributed by atoms with Crippen LogP contribution in [0.5, 0.6) is 0 Å². The van der Waals surface area contributed by atoms with Gasteiger partial charge in [-0.1, -0.05) is 40.5 Å². The van der Waals surface area contributed by atoms with E-state index in [4.69, 9.17) is 27.7 Å². The lowest BCUT2D eigenvalue weighted by molar-refractivity contribution is 0.174. The maximum absolute atomic E-state index is 12.6. The van der Waals surface area contributed by atoms with Gasteiger partial charge < -0.3 is 14.2 Å². The van der Waals surface area contributed by atoms with E-state index in [9.17, 15) is 9.90 Å². The largest absolute Gasteiger partial charge is 0.388 e. The number of hydrogen-bond donors (Lipinski definition) is 1. The predicted molar refractivity (Wildman–Crippen MR) is 111 cm³/mol. The van der Waals surface area contributed by atoms with Crippen molar-refractivity contribution in [3.63, 3.8) is 0 Å². The van der Waals surface area contributed by atoms with Gasteiger partial charge in [-0.15, -0.1) is 0 Å². The van der Waals surface area contributed by atoms with E-state index in [0.29, 0.717) is 22.0 Å². The molecule has 4 aromatic rings. The number of benzene rings is 1.